The van der Waals surface area contributed by atoms with Crippen LogP contribution in [0.1, 0.15) is 18.4 Å². The highest BCUT2D eigenvalue weighted by atomic mass is 16.5. The topological polar surface area (TPSA) is 65.4 Å². The molecule has 1 aliphatic heterocycles. The van der Waals surface area contributed by atoms with E-state index in [0.717, 1.165) is 61.3 Å². The van der Waals surface area contributed by atoms with Crippen LogP contribution in [0.4, 0.5) is 5.82 Å². The van der Waals surface area contributed by atoms with Crippen LogP contribution in [0.15, 0.2) is 59.3 Å². The Kier molecular flexibility index (Phi) is 4.68. The number of hydrogen-bond acceptors (Lipinski definition) is 4. The zero-order valence-corrected chi connectivity index (χ0v) is 16.3. The molecule has 2 aromatic carbocycles. The number of H-pyrrole nitrogens is 1. The van der Waals surface area contributed by atoms with Gasteiger partial charge in [0.1, 0.15) is 0 Å². The summed E-state index contributed by atoms with van der Waals surface area (Å²) in [5.74, 6) is 1.13. The SMILES string of the molecule is O=C(CCCc1c[nH]c2ccccc12)N1CCN(c2noc3ccccc23)CC1. The highest BCUT2D eigenvalue weighted by Gasteiger charge is 2.24. The standard InChI is InChI=1S/C23H24N4O2/c28-22(11-5-6-17-16-24-20-9-3-1-7-18(17)20)26-12-14-27(15-13-26)23-19-8-2-4-10-21(19)29-25-23/h1-4,7-10,16,24H,5-6,11-15H2. The number of benzene rings is 2. The van der Waals surface area contributed by atoms with Gasteiger partial charge in [-0.1, -0.05) is 35.5 Å². The first kappa shape index (κ1) is 17.8. The van der Waals surface area contributed by atoms with E-state index >= 15 is 0 Å². The Balaban J connectivity index is 1.14. The largest absolute Gasteiger partial charge is 0.361 e. The molecule has 148 valence electrons. The van der Waals surface area contributed by atoms with Crippen molar-refractivity contribution in [3.63, 3.8) is 0 Å². The quantitative estimate of drug-likeness (QED) is 0.562. The second kappa shape index (κ2) is 7.62. The summed E-state index contributed by atoms with van der Waals surface area (Å²) in [5.41, 5.74) is 3.25. The number of aromatic amines is 1. The number of nitrogens with one attached hydrogen (secondary N) is 1. The van der Waals surface area contributed by atoms with Gasteiger partial charge in [-0.2, -0.15) is 0 Å². The van der Waals surface area contributed by atoms with E-state index in [1.807, 2.05) is 35.2 Å². The minimum atomic E-state index is 0.245. The van der Waals surface area contributed by atoms with E-state index in [1.165, 1.54) is 10.9 Å². The predicted octanol–water partition coefficient (Wildman–Crippen LogP) is 3.98. The maximum Gasteiger partial charge on any atom is 0.222 e. The van der Waals surface area contributed by atoms with Crippen molar-refractivity contribution in [2.75, 3.05) is 31.1 Å². The van der Waals surface area contributed by atoms with E-state index in [2.05, 4.69) is 39.4 Å². The van der Waals surface area contributed by atoms with Crippen LogP contribution in [-0.2, 0) is 11.2 Å². The molecule has 0 radical (unpaired) electrons. The van der Waals surface area contributed by atoms with Crippen molar-refractivity contribution in [1.29, 1.82) is 0 Å². The maximum atomic E-state index is 12.7. The predicted molar refractivity (Wildman–Crippen MR) is 114 cm³/mol. The molecular weight excluding hydrogens is 364 g/mol. The fourth-order valence-electron chi connectivity index (χ4n) is 4.19. The highest BCUT2D eigenvalue weighted by molar-refractivity contribution is 5.88. The second-order valence-electron chi connectivity index (χ2n) is 7.58. The molecule has 3 heterocycles. The van der Waals surface area contributed by atoms with Crippen LogP contribution >= 0.6 is 0 Å². The molecule has 1 N–H and O–H groups in total. The second-order valence-corrected chi connectivity index (χ2v) is 7.58. The fourth-order valence-corrected chi connectivity index (χ4v) is 4.19. The number of aryl methyl sites for hydroxylation is 1. The lowest BCUT2D eigenvalue weighted by Gasteiger charge is -2.34. The molecule has 0 saturated carbocycles. The lowest BCUT2D eigenvalue weighted by atomic mass is 10.1. The van der Waals surface area contributed by atoms with Gasteiger partial charge < -0.3 is 19.3 Å². The average molecular weight is 388 g/mol. The van der Waals surface area contributed by atoms with Gasteiger partial charge >= 0.3 is 0 Å². The Hall–Kier alpha value is -3.28. The third kappa shape index (κ3) is 3.46. The smallest absolute Gasteiger partial charge is 0.222 e. The Morgan fingerprint density at radius 2 is 1.76 bits per heavy atom. The van der Waals surface area contributed by atoms with E-state index in [4.69, 9.17) is 4.52 Å². The summed E-state index contributed by atoms with van der Waals surface area (Å²) in [7, 11) is 0. The third-order valence-corrected chi connectivity index (χ3v) is 5.80. The van der Waals surface area contributed by atoms with Gasteiger partial charge in [-0.3, -0.25) is 4.79 Å². The van der Waals surface area contributed by atoms with Crippen LogP contribution in [0.2, 0.25) is 0 Å². The maximum absolute atomic E-state index is 12.7. The number of carbonyl (C=O) groups is 1. The van der Waals surface area contributed by atoms with E-state index in [1.54, 1.807) is 0 Å². The number of fused-ring (bicyclic) bond motifs is 2. The molecule has 0 atom stereocenters. The molecule has 29 heavy (non-hydrogen) atoms. The number of aromatic nitrogens is 2. The molecule has 0 unspecified atom stereocenters. The zero-order valence-electron chi connectivity index (χ0n) is 16.3. The van der Waals surface area contributed by atoms with E-state index < -0.39 is 0 Å². The molecular formula is C23H24N4O2. The summed E-state index contributed by atoms with van der Waals surface area (Å²) in [6.45, 7) is 3.02. The van der Waals surface area contributed by atoms with Crippen LogP contribution in [0.5, 0.6) is 0 Å². The zero-order chi connectivity index (χ0) is 19.6. The van der Waals surface area contributed by atoms with Crippen molar-refractivity contribution in [1.82, 2.24) is 15.0 Å². The molecule has 1 aliphatic rings. The van der Waals surface area contributed by atoms with Gasteiger partial charge in [-0.25, -0.2) is 0 Å². The fraction of sp³-hybridized carbons (Fsp3) is 0.304. The Morgan fingerprint density at radius 1 is 1.00 bits per heavy atom. The Bertz CT molecular complexity index is 1140. The molecule has 0 bridgehead atoms. The Labute approximate surface area is 169 Å². The van der Waals surface area contributed by atoms with Crippen LogP contribution < -0.4 is 4.90 Å². The molecule has 1 saturated heterocycles. The van der Waals surface area contributed by atoms with Gasteiger partial charge in [-0.05, 0) is 36.6 Å². The minimum Gasteiger partial charge on any atom is -0.361 e. The van der Waals surface area contributed by atoms with Gasteiger partial charge in [0.25, 0.3) is 0 Å². The summed E-state index contributed by atoms with van der Waals surface area (Å²) in [5, 5.41) is 6.53. The normalized spacial score (nSPS) is 14.8. The van der Waals surface area contributed by atoms with Crippen molar-refractivity contribution in [2.24, 2.45) is 0 Å². The first-order valence-corrected chi connectivity index (χ1v) is 10.2. The number of piperazine rings is 1. The number of rotatable bonds is 5. The van der Waals surface area contributed by atoms with Gasteiger partial charge in [0.15, 0.2) is 11.4 Å². The van der Waals surface area contributed by atoms with Crippen molar-refractivity contribution >= 4 is 33.6 Å². The number of hydrogen-bond donors (Lipinski definition) is 1. The van der Waals surface area contributed by atoms with Gasteiger partial charge in [0.05, 0.1) is 5.39 Å². The van der Waals surface area contributed by atoms with Crippen LogP contribution in [0.25, 0.3) is 21.9 Å². The summed E-state index contributed by atoms with van der Waals surface area (Å²) in [6.07, 6.45) is 4.44. The van der Waals surface area contributed by atoms with Crippen molar-refractivity contribution in [3.8, 4) is 0 Å². The van der Waals surface area contributed by atoms with E-state index in [0.29, 0.717) is 6.42 Å². The van der Waals surface area contributed by atoms with Crippen molar-refractivity contribution in [3.05, 3.63) is 60.3 Å². The average Bonchev–Trinajstić information content (AvgIpc) is 3.38. The Morgan fingerprint density at radius 3 is 2.62 bits per heavy atom. The number of anilines is 1. The van der Waals surface area contributed by atoms with Crippen molar-refractivity contribution in [2.45, 2.75) is 19.3 Å². The monoisotopic (exact) mass is 388 g/mol. The van der Waals surface area contributed by atoms with Crippen LogP contribution in [0, 0.1) is 0 Å². The van der Waals surface area contributed by atoms with Gasteiger partial charge in [0.2, 0.25) is 5.91 Å². The molecule has 1 fully saturated rings. The van der Waals surface area contributed by atoms with Crippen LogP contribution in [0.3, 0.4) is 0 Å². The van der Waals surface area contributed by atoms with Crippen LogP contribution in [-0.4, -0.2) is 47.1 Å². The number of carbonyl (C=O) groups excluding carboxylic acids is 1. The summed E-state index contributed by atoms with van der Waals surface area (Å²) in [6, 6.07) is 16.2. The first-order valence-electron chi connectivity index (χ1n) is 10.2. The van der Waals surface area contributed by atoms with Gasteiger partial charge in [-0.15, -0.1) is 0 Å². The molecule has 6 nitrogen and oxygen atoms in total. The third-order valence-electron chi connectivity index (χ3n) is 5.80. The van der Waals surface area contributed by atoms with E-state index in [-0.39, 0.29) is 5.91 Å². The molecule has 4 aromatic rings. The molecule has 2 aromatic heterocycles. The number of nitrogens with zero attached hydrogens (tertiary/aromatic N) is 3. The summed E-state index contributed by atoms with van der Waals surface area (Å²) >= 11 is 0. The lowest BCUT2D eigenvalue weighted by molar-refractivity contribution is -0.131. The van der Waals surface area contributed by atoms with Crippen molar-refractivity contribution < 1.29 is 9.32 Å². The highest BCUT2D eigenvalue weighted by Crippen LogP contribution is 2.26. The minimum absolute atomic E-state index is 0.245. The summed E-state index contributed by atoms with van der Waals surface area (Å²) in [4.78, 5) is 20.2. The van der Waals surface area contributed by atoms with Gasteiger partial charge in [0, 0.05) is 49.7 Å². The molecule has 1 amide bonds. The van der Waals surface area contributed by atoms with E-state index in [9.17, 15) is 4.79 Å². The number of para-hydroxylation sites is 2. The first-order chi connectivity index (χ1) is 14.3. The molecule has 6 heteroatoms. The number of amides is 1. The molecule has 5 rings (SSSR count). The molecule has 0 aliphatic carbocycles. The lowest BCUT2D eigenvalue weighted by Crippen LogP contribution is -2.48. The molecule has 0 spiro atoms. The summed E-state index contributed by atoms with van der Waals surface area (Å²) < 4.78 is 5.42.